The Kier molecular flexibility index (Phi) is 4.22. The van der Waals surface area contributed by atoms with E-state index in [2.05, 4.69) is 31.0 Å². The van der Waals surface area contributed by atoms with E-state index in [4.69, 9.17) is 4.74 Å². The first-order chi connectivity index (χ1) is 7.66. The van der Waals surface area contributed by atoms with Gasteiger partial charge in [-0.3, -0.25) is 4.90 Å². The molecule has 0 aromatic carbocycles. The minimum Gasteiger partial charge on any atom is -0.374 e. The van der Waals surface area contributed by atoms with E-state index in [9.17, 15) is 0 Å². The normalized spacial score (nSPS) is 39.6. The Bertz CT molecular complexity index is 206. The molecule has 16 heavy (non-hydrogen) atoms. The lowest BCUT2D eigenvalue weighted by atomic mass is 9.90. The molecule has 2 fully saturated rings. The molecule has 0 aromatic rings. The van der Waals surface area contributed by atoms with Crippen molar-refractivity contribution in [1.29, 1.82) is 0 Å². The lowest BCUT2D eigenvalue weighted by Gasteiger charge is -2.42. The molecule has 94 valence electrons. The van der Waals surface area contributed by atoms with Crippen molar-refractivity contribution in [3.05, 3.63) is 0 Å². The van der Waals surface area contributed by atoms with Gasteiger partial charge in [-0.15, -0.1) is 0 Å². The molecule has 2 rings (SSSR count). The van der Waals surface area contributed by atoms with Crippen LogP contribution in [0.4, 0.5) is 0 Å². The highest BCUT2D eigenvalue weighted by atomic mass is 16.5. The molecular weight excluding hydrogens is 200 g/mol. The van der Waals surface area contributed by atoms with Crippen molar-refractivity contribution in [2.75, 3.05) is 32.8 Å². The van der Waals surface area contributed by atoms with Gasteiger partial charge in [-0.2, -0.15) is 0 Å². The largest absolute Gasteiger partial charge is 0.374 e. The van der Waals surface area contributed by atoms with Crippen molar-refractivity contribution in [2.24, 2.45) is 11.8 Å². The molecule has 1 N–H and O–H groups in total. The minimum absolute atomic E-state index is 0.381. The number of rotatable bonds is 2. The minimum atomic E-state index is 0.381. The number of hydrogen-bond acceptors (Lipinski definition) is 3. The van der Waals surface area contributed by atoms with Crippen LogP contribution in [0.15, 0.2) is 0 Å². The monoisotopic (exact) mass is 226 g/mol. The predicted octanol–water partition coefficient (Wildman–Crippen LogP) is 1.34. The first-order valence-electron chi connectivity index (χ1n) is 6.73. The standard InChI is InChI=1S/C13H26N2O/c1-10-6-11(2)9-15(8-10)12(3)13-7-14-4-5-16-13/h10-14H,4-9H2,1-3H3. The van der Waals surface area contributed by atoms with Crippen LogP contribution in [0.3, 0.4) is 0 Å². The topological polar surface area (TPSA) is 24.5 Å². The summed E-state index contributed by atoms with van der Waals surface area (Å²) in [5.74, 6) is 1.67. The lowest BCUT2D eigenvalue weighted by molar-refractivity contribution is -0.0404. The summed E-state index contributed by atoms with van der Waals surface area (Å²) in [5, 5.41) is 3.43. The average molecular weight is 226 g/mol. The fourth-order valence-electron chi connectivity index (χ4n) is 3.17. The van der Waals surface area contributed by atoms with Crippen LogP contribution in [0.25, 0.3) is 0 Å². The Morgan fingerprint density at radius 2 is 1.94 bits per heavy atom. The molecule has 2 aliphatic heterocycles. The summed E-state index contributed by atoms with van der Waals surface area (Å²) < 4.78 is 5.86. The number of piperidine rings is 1. The number of nitrogens with zero attached hydrogens (tertiary/aromatic N) is 1. The van der Waals surface area contributed by atoms with Crippen LogP contribution < -0.4 is 5.32 Å². The average Bonchev–Trinajstić information content (AvgIpc) is 2.28. The highest BCUT2D eigenvalue weighted by molar-refractivity contribution is 4.85. The number of hydrogen-bond donors (Lipinski definition) is 1. The molecule has 4 unspecified atom stereocenters. The maximum Gasteiger partial charge on any atom is 0.0852 e. The summed E-state index contributed by atoms with van der Waals surface area (Å²) in [7, 11) is 0. The second-order valence-corrected chi connectivity index (χ2v) is 5.75. The first-order valence-corrected chi connectivity index (χ1v) is 6.73. The fourth-order valence-corrected chi connectivity index (χ4v) is 3.17. The Hall–Kier alpha value is -0.120. The van der Waals surface area contributed by atoms with E-state index in [1.165, 1.54) is 19.5 Å². The van der Waals surface area contributed by atoms with Crippen LogP contribution in [0.1, 0.15) is 27.2 Å². The zero-order valence-electron chi connectivity index (χ0n) is 10.9. The van der Waals surface area contributed by atoms with Gasteiger partial charge in [-0.1, -0.05) is 13.8 Å². The smallest absolute Gasteiger partial charge is 0.0852 e. The zero-order valence-corrected chi connectivity index (χ0v) is 10.9. The second-order valence-electron chi connectivity index (χ2n) is 5.75. The molecule has 0 saturated carbocycles. The number of morpholine rings is 1. The number of likely N-dealkylation sites (tertiary alicyclic amines) is 1. The van der Waals surface area contributed by atoms with Crippen molar-refractivity contribution in [2.45, 2.75) is 39.3 Å². The summed E-state index contributed by atoms with van der Waals surface area (Å²) in [6.45, 7) is 12.4. The van der Waals surface area contributed by atoms with Gasteiger partial charge in [0, 0.05) is 32.2 Å². The van der Waals surface area contributed by atoms with Crippen molar-refractivity contribution >= 4 is 0 Å². The lowest BCUT2D eigenvalue weighted by Crippen LogP contribution is -2.54. The molecule has 4 atom stereocenters. The van der Waals surface area contributed by atoms with Gasteiger partial charge in [0.1, 0.15) is 0 Å². The highest BCUT2D eigenvalue weighted by Crippen LogP contribution is 2.24. The fraction of sp³-hybridized carbons (Fsp3) is 1.00. The molecular formula is C13H26N2O. The van der Waals surface area contributed by atoms with E-state index in [0.717, 1.165) is 31.5 Å². The second kappa shape index (κ2) is 5.48. The van der Waals surface area contributed by atoms with E-state index < -0.39 is 0 Å². The summed E-state index contributed by atoms with van der Waals surface area (Å²) >= 11 is 0. The Morgan fingerprint density at radius 1 is 1.25 bits per heavy atom. The van der Waals surface area contributed by atoms with Crippen LogP contribution in [0.5, 0.6) is 0 Å². The maximum absolute atomic E-state index is 5.86. The van der Waals surface area contributed by atoms with E-state index in [-0.39, 0.29) is 0 Å². The first kappa shape index (κ1) is 12.3. The van der Waals surface area contributed by atoms with Gasteiger partial charge in [-0.05, 0) is 25.2 Å². The van der Waals surface area contributed by atoms with Gasteiger partial charge in [0.15, 0.2) is 0 Å². The van der Waals surface area contributed by atoms with Crippen molar-refractivity contribution in [1.82, 2.24) is 10.2 Å². The predicted molar refractivity (Wildman–Crippen MR) is 66.6 cm³/mol. The summed E-state index contributed by atoms with van der Waals surface area (Å²) in [6.07, 6.45) is 1.76. The molecule has 0 amide bonds. The van der Waals surface area contributed by atoms with Crippen molar-refractivity contribution < 1.29 is 4.74 Å². The quantitative estimate of drug-likeness (QED) is 0.769. The molecule has 2 saturated heterocycles. The van der Waals surface area contributed by atoms with Gasteiger partial charge in [0.25, 0.3) is 0 Å². The molecule has 0 aromatic heterocycles. The molecule has 3 heteroatoms. The number of ether oxygens (including phenoxy) is 1. The molecule has 0 spiro atoms. The zero-order chi connectivity index (χ0) is 11.5. The van der Waals surface area contributed by atoms with Gasteiger partial charge in [0.05, 0.1) is 12.7 Å². The van der Waals surface area contributed by atoms with E-state index in [0.29, 0.717) is 12.1 Å². The summed E-state index contributed by atoms with van der Waals surface area (Å²) in [5.41, 5.74) is 0. The van der Waals surface area contributed by atoms with E-state index in [1.54, 1.807) is 0 Å². The van der Waals surface area contributed by atoms with Crippen LogP contribution in [-0.4, -0.2) is 49.8 Å². The van der Waals surface area contributed by atoms with Gasteiger partial charge < -0.3 is 10.1 Å². The summed E-state index contributed by atoms with van der Waals surface area (Å²) in [4.78, 5) is 2.62. The third-order valence-corrected chi connectivity index (χ3v) is 3.97. The van der Waals surface area contributed by atoms with Crippen LogP contribution >= 0.6 is 0 Å². The number of nitrogens with one attached hydrogen (secondary N) is 1. The molecule has 3 nitrogen and oxygen atoms in total. The molecule has 2 heterocycles. The highest BCUT2D eigenvalue weighted by Gasteiger charge is 2.30. The van der Waals surface area contributed by atoms with Crippen molar-refractivity contribution in [3.63, 3.8) is 0 Å². The Balaban J connectivity index is 1.89. The Morgan fingerprint density at radius 3 is 2.50 bits per heavy atom. The van der Waals surface area contributed by atoms with Crippen LogP contribution in [-0.2, 0) is 4.74 Å². The third kappa shape index (κ3) is 2.96. The SMILES string of the molecule is CC1CC(C)CN(C(C)C2CNCCO2)C1. The van der Waals surface area contributed by atoms with E-state index >= 15 is 0 Å². The maximum atomic E-state index is 5.86. The molecule has 0 aliphatic carbocycles. The van der Waals surface area contributed by atoms with Crippen LogP contribution in [0, 0.1) is 11.8 Å². The van der Waals surface area contributed by atoms with Crippen molar-refractivity contribution in [3.8, 4) is 0 Å². The van der Waals surface area contributed by atoms with Gasteiger partial charge in [0.2, 0.25) is 0 Å². The third-order valence-electron chi connectivity index (χ3n) is 3.97. The van der Waals surface area contributed by atoms with E-state index in [1.807, 2.05) is 0 Å². The molecule has 2 aliphatic rings. The van der Waals surface area contributed by atoms with Crippen LogP contribution in [0.2, 0.25) is 0 Å². The molecule has 0 bridgehead atoms. The van der Waals surface area contributed by atoms with Gasteiger partial charge >= 0.3 is 0 Å². The molecule has 0 radical (unpaired) electrons. The summed E-state index contributed by atoms with van der Waals surface area (Å²) in [6, 6.07) is 0.554. The Labute approximate surface area is 99.5 Å². The van der Waals surface area contributed by atoms with Gasteiger partial charge in [-0.25, -0.2) is 0 Å².